The minimum absolute atomic E-state index is 0.265. The zero-order valence-corrected chi connectivity index (χ0v) is 16.2. The molecule has 1 rings (SSSR count). The monoisotopic (exact) mass is 391 g/mol. The summed E-state index contributed by atoms with van der Waals surface area (Å²) in [4.78, 5) is 10.4. The second-order valence-corrected chi connectivity index (χ2v) is 8.20. The molecule has 1 aliphatic rings. The van der Waals surface area contributed by atoms with E-state index in [4.69, 9.17) is 9.84 Å². The van der Waals surface area contributed by atoms with E-state index in [0.29, 0.717) is 6.54 Å². The van der Waals surface area contributed by atoms with Gasteiger partial charge in [0.25, 0.3) is 10.2 Å². The summed E-state index contributed by atoms with van der Waals surface area (Å²) in [5.41, 5.74) is 0. The minimum atomic E-state index is -3.74. The van der Waals surface area contributed by atoms with E-state index in [1.54, 1.807) is 0 Å². The molecule has 0 spiro atoms. The van der Waals surface area contributed by atoms with Crippen molar-refractivity contribution >= 4 is 16.2 Å². The Bertz CT molecular complexity index is 505. The third-order valence-corrected chi connectivity index (χ3v) is 5.47. The van der Waals surface area contributed by atoms with Crippen molar-refractivity contribution in [3.8, 4) is 0 Å². The fourth-order valence-corrected chi connectivity index (χ4v) is 3.74. The first kappa shape index (κ1) is 23.0. The third-order valence-electron chi connectivity index (χ3n) is 4.40. The normalized spacial score (nSPS) is 20.8. The van der Waals surface area contributed by atoms with E-state index in [2.05, 4.69) is 16.6 Å². The summed E-state index contributed by atoms with van der Waals surface area (Å²) in [7, 11) is -3.74. The fraction of sp³-hybridized carbons (Fsp3) is 0.824. The van der Waals surface area contributed by atoms with E-state index in [-0.39, 0.29) is 12.0 Å². The van der Waals surface area contributed by atoms with Crippen molar-refractivity contribution < 1.29 is 23.1 Å². The molecule has 0 bridgehead atoms. The summed E-state index contributed by atoms with van der Waals surface area (Å²) in [6.07, 6.45) is 8.99. The molecule has 0 aromatic heterocycles. The lowest BCUT2D eigenvalue weighted by Crippen LogP contribution is -2.42. The lowest BCUT2D eigenvalue weighted by molar-refractivity contribution is -0.135. The second kappa shape index (κ2) is 13.2. The van der Waals surface area contributed by atoms with Gasteiger partial charge in [0.15, 0.2) is 0 Å². The number of unbranched alkanes of at least 4 members (excludes halogenated alkanes) is 1. The van der Waals surface area contributed by atoms with E-state index in [9.17, 15) is 13.2 Å². The van der Waals surface area contributed by atoms with Gasteiger partial charge in [-0.2, -0.15) is 13.1 Å². The number of carboxylic acid groups (broad SMARTS) is 1. The Balaban J connectivity index is 2.04. The summed E-state index contributed by atoms with van der Waals surface area (Å²) < 4.78 is 33.5. The summed E-state index contributed by atoms with van der Waals surface area (Å²) in [5, 5.41) is 11.9. The Morgan fingerprint density at radius 2 is 1.88 bits per heavy atom. The average molecular weight is 392 g/mol. The van der Waals surface area contributed by atoms with Crippen LogP contribution in [-0.2, 0) is 19.7 Å². The number of nitrogens with one attached hydrogen (secondary N) is 3. The molecule has 152 valence electrons. The van der Waals surface area contributed by atoms with E-state index < -0.39 is 22.7 Å². The lowest BCUT2D eigenvalue weighted by Gasteiger charge is -2.28. The molecule has 8 nitrogen and oxygen atoms in total. The van der Waals surface area contributed by atoms with Gasteiger partial charge < -0.3 is 15.2 Å². The van der Waals surface area contributed by atoms with Gasteiger partial charge in [0, 0.05) is 13.2 Å². The lowest BCUT2D eigenvalue weighted by atomic mass is 9.87. The summed E-state index contributed by atoms with van der Waals surface area (Å²) in [6, 6.07) is 0. The molecule has 0 aromatic carbocycles. The van der Waals surface area contributed by atoms with Gasteiger partial charge in [-0.25, -0.2) is 4.72 Å². The maximum atomic E-state index is 11.6. The van der Waals surface area contributed by atoms with Crippen LogP contribution in [-0.4, -0.2) is 58.4 Å². The van der Waals surface area contributed by atoms with Gasteiger partial charge in [0.1, 0.15) is 6.54 Å². The smallest absolute Gasteiger partial charge is 0.318 e. The minimum Gasteiger partial charge on any atom is -0.480 e. The fourth-order valence-electron chi connectivity index (χ4n) is 2.87. The van der Waals surface area contributed by atoms with Gasteiger partial charge in [-0.3, -0.25) is 4.79 Å². The van der Waals surface area contributed by atoms with Gasteiger partial charge in [0.05, 0.1) is 6.10 Å². The topological polar surface area (TPSA) is 117 Å². The predicted molar refractivity (Wildman–Crippen MR) is 101 cm³/mol. The van der Waals surface area contributed by atoms with Crippen LogP contribution in [0.2, 0.25) is 0 Å². The standard InChI is InChI=1S/C17H33N3O5S/c1-2-3-10-18-11-4-5-12-25-16-8-6-15(7-9-16)13-19-26(23,24)20-14-17(21)22/h2,15-16,18-20H,1,3-14H2,(H,21,22). The molecule has 0 aliphatic heterocycles. The van der Waals surface area contributed by atoms with Gasteiger partial charge in [-0.1, -0.05) is 6.08 Å². The van der Waals surface area contributed by atoms with Crippen LogP contribution in [0, 0.1) is 5.92 Å². The first-order chi connectivity index (χ1) is 12.4. The molecule has 1 aliphatic carbocycles. The molecule has 0 saturated heterocycles. The first-order valence-corrected chi connectivity index (χ1v) is 10.8. The van der Waals surface area contributed by atoms with E-state index >= 15 is 0 Å². The van der Waals surface area contributed by atoms with Crippen molar-refractivity contribution in [2.24, 2.45) is 5.92 Å². The highest BCUT2D eigenvalue weighted by Gasteiger charge is 2.23. The van der Waals surface area contributed by atoms with E-state index in [0.717, 1.165) is 64.6 Å². The highest BCUT2D eigenvalue weighted by molar-refractivity contribution is 7.87. The van der Waals surface area contributed by atoms with Crippen LogP contribution in [0.5, 0.6) is 0 Å². The van der Waals surface area contributed by atoms with Crippen molar-refractivity contribution in [1.29, 1.82) is 0 Å². The molecule has 4 N–H and O–H groups in total. The van der Waals surface area contributed by atoms with Crippen molar-refractivity contribution in [1.82, 2.24) is 14.8 Å². The van der Waals surface area contributed by atoms with Crippen LogP contribution < -0.4 is 14.8 Å². The predicted octanol–water partition coefficient (Wildman–Crippen LogP) is 1.02. The van der Waals surface area contributed by atoms with Crippen LogP contribution in [0.15, 0.2) is 12.7 Å². The van der Waals surface area contributed by atoms with Crippen LogP contribution >= 0.6 is 0 Å². The third kappa shape index (κ3) is 11.6. The zero-order valence-electron chi connectivity index (χ0n) is 15.4. The van der Waals surface area contributed by atoms with Gasteiger partial charge >= 0.3 is 5.97 Å². The maximum absolute atomic E-state index is 11.6. The molecule has 1 fully saturated rings. The summed E-state index contributed by atoms with van der Waals surface area (Å²) >= 11 is 0. The van der Waals surface area contributed by atoms with E-state index in [1.807, 2.05) is 10.8 Å². The molecular formula is C17H33N3O5S. The van der Waals surface area contributed by atoms with Gasteiger partial charge in [-0.05, 0) is 64.0 Å². The average Bonchev–Trinajstić information content (AvgIpc) is 2.62. The highest BCUT2D eigenvalue weighted by Crippen LogP contribution is 2.26. The van der Waals surface area contributed by atoms with Gasteiger partial charge in [0.2, 0.25) is 0 Å². The number of rotatable bonds is 15. The van der Waals surface area contributed by atoms with Crippen molar-refractivity contribution in [3.05, 3.63) is 12.7 Å². The molecular weight excluding hydrogens is 358 g/mol. The second-order valence-electron chi connectivity index (χ2n) is 6.61. The number of carboxylic acids is 1. The van der Waals surface area contributed by atoms with Crippen molar-refractivity contribution in [2.45, 2.75) is 51.0 Å². The number of hydrogen-bond acceptors (Lipinski definition) is 5. The summed E-state index contributed by atoms with van der Waals surface area (Å²) in [5.74, 6) is -0.939. The number of ether oxygens (including phenoxy) is 1. The number of hydrogen-bond donors (Lipinski definition) is 4. The SMILES string of the molecule is C=CCCNCCCCOC1CCC(CNS(=O)(=O)NCC(=O)O)CC1. The Labute approximate surface area is 156 Å². The zero-order chi connectivity index (χ0) is 19.3. The van der Waals surface area contributed by atoms with Crippen molar-refractivity contribution in [3.63, 3.8) is 0 Å². The highest BCUT2D eigenvalue weighted by atomic mass is 32.2. The molecule has 0 amide bonds. The molecule has 0 heterocycles. The largest absolute Gasteiger partial charge is 0.480 e. The van der Waals surface area contributed by atoms with Crippen molar-refractivity contribution in [2.75, 3.05) is 32.8 Å². The van der Waals surface area contributed by atoms with Crippen LogP contribution in [0.1, 0.15) is 44.9 Å². The maximum Gasteiger partial charge on any atom is 0.318 e. The van der Waals surface area contributed by atoms with E-state index in [1.165, 1.54) is 0 Å². The molecule has 26 heavy (non-hydrogen) atoms. The first-order valence-electron chi connectivity index (χ1n) is 9.32. The number of carbonyl (C=O) groups is 1. The van der Waals surface area contributed by atoms with Crippen LogP contribution in [0.3, 0.4) is 0 Å². The molecule has 9 heteroatoms. The summed E-state index contributed by atoms with van der Waals surface area (Å²) in [6.45, 7) is 6.15. The van der Waals surface area contributed by atoms with Crippen LogP contribution in [0.25, 0.3) is 0 Å². The number of aliphatic carboxylic acids is 1. The molecule has 0 atom stereocenters. The quantitative estimate of drug-likeness (QED) is 0.245. The molecule has 0 radical (unpaired) electrons. The Morgan fingerprint density at radius 3 is 2.54 bits per heavy atom. The Kier molecular flexibility index (Phi) is 11.7. The molecule has 0 unspecified atom stereocenters. The van der Waals surface area contributed by atoms with Gasteiger partial charge in [-0.15, -0.1) is 6.58 Å². The molecule has 1 saturated carbocycles. The van der Waals surface area contributed by atoms with Crippen LogP contribution in [0.4, 0.5) is 0 Å². The Morgan fingerprint density at radius 1 is 1.15 bits per heavy atom. The Hall–Kier alpha value is -1.00. The molecule has 0 aromatic rings.